The van der Waals surface area contributed by atoms with Gasteiger partial charge in [-0.15, -0.1) is 0 Å². The molecule has 1 atom stereocenters. The number of carbonyl (C=O) groups is 1. The van der Waals surface area contributed by atoms with E-state index in [2.05, 4.69) is 4.72 Å². The Labute approximate surface area is 166 Å². The van der Waals surface area contributed by atoms with Crippen molar-refractivity contribution in [3.05, 3.63) is 54.3 Å². The van der Waals surface area contributed by atoms with Crippen LogP contribution in [-0.4, -0.2) is 38.7 Å². The quantitative estimate of drug-likeness (QED) is 0.368. The lowest BCUT2D eigenvalue weighted by molar-refractivity contribution is -0.104. The van der Waals surface area contributed by atoms with Crippen molar-refractivity contribution >= 4 is 16.1 Å². The van der Waals surface area contributed by atoms with Crippen LogP contribution in [0.4, 0.5) is 9.18 Å². The smallest absolute Gasteiger partial charge is 0.432 e. The van der Waals surface area contributed by atoms with E-state index >= 15 is 0 Å². The minimum Gasteiger partial charge on any atom is -0.457 e. The van der Waals surface area contributed by atoms with Crippen LogP contribution in [0.3, 0.4) is 0 Å². The predicted molar refractivity (Wildman–Crippen MR) is 97.4 cm³/mol. The predicted octanol–water partition coefficient (Wildman–Crippen LogP) is 2.52. The van der Waals surface area contributed by atoms with Crippen molar-refractivity contribution in [2.75, 3.05) is 13.2 Å². The fraction of sp³-hybridized carbons (Fsp3) is 0.278. The summed E-state index contributed by atoms with van der Waals surface area (Å²) in [6.07, 6.45) is -0.585. The molecule has 1 aliphatic heterocycles. The molecule has 9 nitrogen and oxygen atoms in total. The molecule has 1 aliphatic rings. The Hall–Kier alpha value is -2.73. The number of hydrogen-bond donors (Lipinski definition) is 3. The third-order valence-corrected chi connectivity index (χ3v) is 5.62. The van der Waals surface area contributed by atoms with E-state index in [0.29, 0.717) is 24.5 Å². The average molecular weight is 426 g/mol. The van der Waals surface area contributed by atoms with Crippen molar-refractivity contribution < 1.29 is 37.0 Å². The fourth-order valence-corrected chi connectivity index (χ4v) is 4.09. The molecule has 2 aromatic carbocycles. The zero-order valence-corrected chi connectivity index (χ0v) is 15.9. The Morgan fingerprint density at radius 2 is 1.72 bits per heavy atom. The van der Waals surface area contributed by atoms with Gasteiger partial charge in [0.25, 0.3) is 0 Å². The van der Waals surface area contributed by atoms with Gasteiger partial charge in [-0.1, -0.05) is 0 Å². The molecule has 0 aliphatic carbocycles. The molecular formula is C18H19FN2O7S. The molecule has 0 radical (unpaired) electrons. The lowest BCUT2D eigenvalue weighted by atomic mass is 10.1. The maximum Gasteiger partial charge on any atom is 0.432 e. The second-order valence-corrected chi connectivity index (χ2v) is 7.97. The summed E-state index contributed by atoms with van der Waals surface area (Å²) in [7, 11) is -4.09. The molecule has 11 heteroatoms. The van der Waals surface area contributed by atoms with Gasteiger partial charge in [0.2, 0.25) is 15.7 Å². The second kappa shape index (κ2) is 8.74. The molecule has 29 heavy (non-hydrogen) atoms. The minimum atomic E-state index is -4.09. The number of benzene rings is 2. The van der Waals surface area contributed by atoms with E-state index in [1.54, 1.807) is 0 Å². The van der Waals surface area contributed by atoms with Gasteiger partial charge >= 0.3 is 6.09 Å². The normalized spacial score (nSPS) is 19.4. The highest BCUT2D eigenvalue weighted by Gasteiger charge is 2.41. The van der Waals surface area contributed by atoms with E-state index in [0.717, 1.165) is 0 Å². The molecule has 0 saturated carbocycles. The largest absolute Gasteiger partial charge is 0.457 e. The molecule has 1 heterocycles. The van der Waals surface area contributed by atoms with Gasteiger partial charge in [0.05, 0.1) is 4.90 Å². The minimum absolute atomic E-state index is 0.0955. The summed E-state index contributed by atoms with van der Waals surface area (Å²) in [5.74, 6) is 0.339. The summed E-state index contributed by atoms with van der Waals surface area (Å²) in [5, 5.41) is 8.68. The van der Waals surface area contributed by atoms with Gasteiger partial charge in [-0.05, 0) is 55.0 Å². The third kappa shape index (κ3) is 5.41. The van der Waals surface area contributed by atoms with Crippen LogP contribution < -0.4 is 14.9 Å². The van der Waals surface area contributed by atoms with Crippen LogP contribution in [0.15, 0.2) is 53.4 Å². The summed E-state index contributed by atoms with van der Waals surface area (Å²) in [4.78, 5) is 11.3. The summed E-state index contributed by atoms with van der Waals surface area (Å²) < 4.78 is 56.6. The highest BCUT2D eigenvalue weighted by atomic mass is 32.2. The molecule has 3 N–H and O–H groups in total. The Bertz CT molecular complexity index is 943. The topological polar surface area (TPSA) is 123 Å². The lowest BCUT2D eigenvalue weighted by Crippen LogP contribution is -2.57. The molecule has 1 saturated heterocycles. The van der Waals surface area contributed by atoms with Crippen molar-refractivity contribution in [3.63, 3.8) is 0 Å². The van der Waals surface area contributed by atoms with Crippen molar-refractivity contribution in [1.29, 1.82) is 0 Å². The number of sulfonamides is 1. The van der Waals surface area contributed by atoms with E-state index in [1.807, 2.05) is 0 Å². The van der Waals surface area contributed by atoms with Gasteiger partial charge in [0, 0.05) is 13.0 Å². The summed E-state index contributed by atoms with van der Waals surface area (Å²) in [6, 6.07) is 10.9. The lowest BCUT2D eigenvalue weighted by Gasteiger charge is -2.36. The van der Waals surface area contributed by atoms with Gasteiger partial charge in [0.15, 0.2) is 0 Å². The number of hydroxylamine groups is 1. The highest BCUT2D eigenvalue weighted by molar-refractivity contribution is 7.89. The SMILES string of the molecule is O=C(NO)OC1(NS(=O)(=O)c2ccc(Oc3ccc(F)cc3)cc2)CCCOC1. The maximum atomic E-state index is 12.9. The first kappa shape index (κ1) is 21.0. The Kier molecular flexibility index (Phi) is 6.33. The van der Waals surface area contributed by atoms with Crippen molar-refractivity contribution in [1.82, 2.24) is 10.2 Å². The zero-order valence-electron chi connectivity index (χ0n) is 15.1. The first-order valence-corrected chi connectivity index (χ1v) is 10.1. The fourth-order valence-electron chi connectivity index (χ4n) is 2.78. The number of amides is 1. The summed E-state index contributed by atoms with van der Waals surface area (Å²) in [5.41, 5.74) is -0.341. The molecule has 2 aromatic rings. The van der Waals surface area contributed by atoms with Gasteiger partial charge in [-0.2, -0.15) is 4.72 Å². The number of rotatable bonds is 6. The van der Waals surface area contributed by atoms with Crippen LogP contribution in [0, 0.1) is 5.82 Å². The number of hydrogen-bond acceptors (Lipinski definition) is 7. The highest BCUT2D eigenvalue weighted by Crippen LogP contribution is 2.26. The number of ether oxygens (including phenoxy) is 3. The summed E-state index contributed by atoms with van der Waals surface area (Å²) in [6.45, 7) is 0.189. The molecule has 1 amide bonds. The first-order valence-electron chi connectivity index (χ1n) is 8.60. The van der Waals surface area contributed by atoms with Crippen LogP contribution >= 0.6 is 0 Å². The van der Waals surface area contributed by atoms with Crippen molar-refractivity contribution in [2.24, 2.45) is 0 Å². The molecule has 1 fully saturated rings. The third-order valence-electron chi connectivity index (χ3n) is 4.09. The average Bonchev–Trinajstić information content (AvgIpc) is 2.70. The van der Waals surface area contributed by atoms with Crippen LogP contribution in [0.2, 0.25) is 0 Å². The van der Waals surface area contributed by atoms with Crippen LogP contribution in [0.25, 0.3) is 0 Å². The van der Waals surface area contributed by atoms with E-state index in [1.165, 1.54) is 54.0 Å². The van der Waals surface area contributed by atoms with E-state index in [-0.39, 0.29) is 17.9 Å². The molecule has 1 unspecified atom stereocenters. The molecule has 156 valence electrons. The van der Waals surface area contributed by atoms with Crippen LogP contribution in [-0.2, 0) is 19.5 Å². The van der Waals surface area contributed by atoms with Crippen molar-refractivity contribution in [2.45, 2.75) is 23.5 Å². The van der Waals surface area contributed by atoms with E-state index in [4.69, 9.17) is 19.4 Å². The Balaban J connectivity index is 1.75. The van der Waals surface area contributed by atoms with Crippen molar-refractivity contribution in [3.8, 4) is 11.5 Å². The van der Waals surface area contributed by atoms with Gasteiger partial charge < -0.3 is 14.2 Å². The van der Waals surface area contributed by atoms with Gasteiger partial charge in [-0.3, -0.25) is 5.21 Å². The zero-order chi connectivity index (χ0) is 20.9. The summed E-state index contributed by atoms with van der Waals surface area (Å²) >= 11 is 0. The second-order valence-electron chi connectivity index (χ2n) is 6.28. The molecule has 0 spiro atoms. The maximum absolute atomic E-state index is 12.9. The van der Waals surface area contributed by atoms with Gasteiger partial charge in [-0.25, -0.2) is 23.1 Å². The van der Waals surface area contributed by atoms with Crippen LogP contribution in [0.1, 0.15) is 12.8 Å². The number of nitrogens with one attached hydrogen (secondary N) is 2. The standard InChI is InChI=1S/C18H19FN2O7S/c19-13-2-4-14(5-3-13)27-15-6-8-16(9-7-15)29(24,25)21-18(28-17(22)20-23)10-1-11-26-12-18/h2-9,21,23H,1,10-12H2,(H,20,22). The van der Waals surface area contributed by atoms with Gasteiger partial charge in [0.1, 0.15) is 23.9 Å². The van der Waals surface area contributed by atoms with E-state index in [9.17, 15) is 17.6 Å². The number of halogens is 1. The molecular weight excluding hydrogens is 407 g/mol. The van der Waals surface area contributed by atoms with E-state index < -0.39 is 27.7 Å². The monoisotopic (exact) mass is 426 g/mol. The Morgan fingerprint density at radius 1 is 1.10 bits per heavy atom. The molecule has 3 rings (SSSR count). The molecule has 0 aromatic heterocycles. The van der Waals surface area contributed by atoms with Crippen LogP contribution in [0.5, 0.6) is 11.5 Å². The first-order chi connectivity index (χ1) is 13.8. The molecule has 0 bridgehead atoms. The Morgan fingerprint density at radius 3 is 2.28 bits per heavy atom. The number of carbonyl (C=O) groups excluding carboxylic acids is 1.